The molecule has 2 rings (SSSR count). The topological polar surface area (TPSA) is 106 Å². The van der Waals surface area contributed by atoms with Crippen molar-refractivity contribution in [3.63, 3.8) is 0 Å². The Balaban J connectivity index is 2.54. The lowest BCUT2D eigenvalue weighted by molar-refractivity contribution is 0.473. The van der Waals surface area contributed by atoms with E-state index >= 15 is 0 Å². The molecule has 0 saturated carbocycles. The maximum atomic E-state index is 11.1. The summed E-state index contributed by atoms with van der Waals surface area (Å²) in [7, 11) is -3.60. The number of hydrogen-bond acceptors (Lipinski definition) is 4. The molecule has 6 heteroatoms. The van der Waals surface area contributed by atoms with Crippen LogP contribution in [0.1, 0.15) is 17.5 Å². The molecule has 2 aromatic carbocycles. The molecule has 0 bridgehead atoms. The Morgan fingerprint density at radius 2 is 1.59 bits per heavy atom. The molecule has 0 spiro atoms. The highest BCUT2D eigenvalue weighted by Gasteiger charge is 2.14. The third-order valence-corrected chi connectivity index (χ3v) is 3.99. The molecular formula is C16H18N2O3S. The predicted molar refractivity (Wildman–Crippen MR) is 87.3 cm³/mol. The molecule has 0 atom stereocenters. The van der Waals surface area contributed by atoms with E-state index in [-0.39, 0.29) is 17.9 Å². The van der Waals surface area contributed by atoms with Gasteiger partial charge in [-0.25, -0.2) is 13.6 Å². The summed E-state index contributed by atoms with van der Waals surface area (Å²) in [6.45, 7) is 0. The van der Waals surface area contributed by atoms with Gasteiger partial charge < -0.3 is 10.8 Å². The van der Waals surface area contributed by atoms with Crippen molar-refractivity contribution in [1.29, 1.82) is 0 Å². The van der Waals surface area contributed by atoms with Gasteiger partial charge in [-0.05, 0) is 11.6 Å². The summed E-state index contributed by atoms with van der Waals surface area (Å²) in [5.41, 5.74) is 8.44. The van der Waals surface area contributed by atoms with E-state index in [0.717, 1.165) is 5.56 Å². The number of rotatable bonds is 5. The van der Waals surface area contributed by atoms with Crippen LogP contribution in [0.3, 0.4) is 0 Å². The molecule has 0 amide bonds. The first kappa shape index (κ1) is 16.1. The van der Waals surface area contributed by atoms with Gasteiger partial charge in [-0.1, -0.05) is 48.5 Å². The van der Waals surface area contributed by atoms with Gasteiger partial charge in [0.2, 0.25) is 10.0 Å². The lowest BCUT2D eigenvalue weighted by Crippen LogP contribution is -2.19. The quantitative estimate of drug-likeness (QED) is 0.781. The van der Waals surface area contributed by atoms with Crippen molar-refractivity contribution in [2.24, 2.45) is 10.9 Å². The summed E-state index contributed by atoms with van der Waals surface area (Å²) in [6, 6.07) is 16.1. The third kappa shape index (κ3) is 4.09. The Morgan fingerprint density at radius 3 is 2.18 bits per heavy atom. The number of aromatic hydroxyl groups is 1. The van der Waals surface area contributed by atoms with Crippen LogP contribution in [-0.4, -0.2) is 19.3 Å². The predicted octanol–water partition coefficient (Wildman–Crippen LogP) is 1.79. The monoisotopic (exact) mass is 318 g/mol. The van der Waals surface area contributed by atoms with Crippen molar-refractivity contribution in [2.75, 3.05) is 5.75 Å². The van der Waals surface area contributed by atoms with Crippen LogP contribution in [0.4, 0.5) is 0 Å². The minimum absolute atomic E-state index is 0.0832. The zero-order valence-corrected chi connectivity index (χ0v) is 12.8. The summed E-state index contributed by atoms with van der Waals surface area (Å²) in [4.78, 5) is 0. The molecule has 0 aliphatic carbocycles. The zero-order chi connectivity index (χ0) is 16.2. The third-order valence-electron chi connectivity index (χ3n) is 3.21. The smallest absolute Gasteiger partial charge is 0.209 e. The Kier molecular flexibility index (Phi) is 4.85. The summed E-state index contributed by atoms with van der Waals surface area (Å²) >= 11 is 0. The number of sulfonamides is 1. The first-order valence-corrected chi connectivity index (χ1v) is 8.43. The second-order valence-electron chi connectivity index (χ2n) is 4.90. The van der Waals surface area contributed by atoms with Crippen molar-refractivity contribution >= 4 is 15.6 Å². The Bertz CT molecular complexity index is 784. The van der Waals surface area contributed by atoms with E-state index in [1.165, 1.54) is 0 Å². The minimum atomic E-state index is -3.60. The second-order valence-corrected chi connectivity index (χ2v) is 6.63. The molecule has 0 aliphatic heterocycles. The van der Waals surface area contributed by atoms with Crippen LogP contribution in [0, 0.1) is 0 Å². The molecule has 0 aromatic heterocycles. The lowest BCUT2D eigenvalue weighted by Gasteiger charge is -2.14. The van der Waals surface area contributed by atoms with E-state index in [1.54, 1.807) is 24.3 Å². The van der Waals surface area contributed by atoms with Crippen LogP contribution < -0.4 is 10.9 Å². The summed E-state index contributed by atoms with van der Waals surface area (Å²) in [6.07, 6.45) is 0.0946. The normalized spacial score (nSPS) is 12.8. The second kappa shape index (κ2) is 6.64. The van der Waals surface area contributed by atoms with Crippen LogP contribution in [0.2, 0.25) is 0 Å². The van der Waals surface area contributed by atoms with E-state index in [4.69, 9.17) is 10.9 Å². The van der Waals surface area contributed by atoms with Gasteiger partial charge >= 0.3 is 0 Å². The summed E-state index contributed by atoms with van der Waals surface area (Å²) in [5, 5.41) is 15.1. The molecule has 5 N–H and O–H groups in total. The molecule has 5 nitrogen and oxygen atoms in total. The average Bonchev–Trinajstić information content (AvgIpc) is 2.48. The molecule has 0 aliphatic rings. The molecular weight excluding hydrogens is 300 g/mol. The highest BCUT2D eigenvalue weighted by Crippen LogP contribution is 2.32. The Labute approximate surface area is 129 Å². The Morgan fingerprint density at radius 1 is 1.00 bits per heavy atom. The highest BCUT2D eigenvalue weighted by molar-refractivity contribution is 7.89. The average molecular weight is 318 g/mol. The molecule has 0 fully saturated rings. The van der Waals surface area contributed by atoms with Crippen LogP contribution in [-0.2, 0) is 10.0 Å². The van der Waals surface area contributed by atoms with Gasteiger partial charge in [0.1, 0.15) is 5.75 Å². The highest BCUT2D eigenvalue weighted by atomic mass is 32.2. The fourth-order valence-electron chi connectivity index (χ4n) is 2.18. The largest absolute Gasteiger partial charge is 0.507 e. The zero-order valence-electron chi connectivity index (χ0n) is 11.9. The number of allylic oxidation sites excluding steroid dienone is 1. The van der Waals surface area contributed by atoms with Gasteiger partial charge in [-0.15, -0.1) is 0 Å². The fourth-order valence-corrected chi connectivity index (χ4v) is 2.69. The van der Waals surface area contributed by atoms with Gasteiger partial charge in [0.15, 0.2) is 0 Å². The van der Waals surface area contributed by atoms with Crippen LogP contribution >= 0.6 is 0 Å². The van der Waals surface area contributed by atoms with Gasteiger partial charge in [0, 0.05) is 23.3 Å². The van der Waals surface area contributed by atoms with E-state index in [0.29, 0.717) is 16.8 Å². The molecule has 0 heterocycles. The molecule has 0 radical (unpaired) electrons. The van der Waals surface area contributed by atoms with E-state index in [1.807, 2.05) is 30.3 Å². The summed E-state index contributed by atoms with van der Waals surface area (Å²) in [5.74, 6) is -0.164. The fraction of sp³-hybridized carbons (Fsp3) is 0.125. The van der Waals surface area contributed by atoms with Crippen LogP contribution in [0.15, 0.2) is 60.3 Å². The molecule has 116 valence electrons. The number of phenolic OH excluding ortho intramolecular Hbond substituents is 1. The first-order chi connectivity index (χ1) is 10.4. The van der Waals surface area contributed by atoms with E-state index < -0.39 is 10.0 Å². The number of hydrogen-bond donors (Lipinski definition) is 3. The maximum absolute atomic E-state index is 11.1. The summed E-state index contributed by atoms with van der Waals surface area (Å²) < 4.78 is 22.3. The number of primary sulfonamides is 1. The standard InChI is InChI=1S/C16H18N2O3S/c17-14(10-11-22(18,20)21)16(12-6-2-1-3-7-12)13-8-4-5-9-15(13)19/h1-9,19H,10-11,17H2,(H2,18,20,21). The van der Waals surface area contributed by atoms with Gasteiger partial charge in [0.25, 0.3) is 0 Å². The maximum Gasteiger partial charge on any atom is 0.209 e. The van der Waals surface area contributed by atoms with Gasteiger partial charge in [-0.3, -0.25) is 0 Å². The SMILES string of the molecule is NC(CCS(N)(=O)=O)=C(c1ccccc1)c1ccccc1O. The molecule has 2 aromatic rings. The van der Waals surface area contributed by atoms with Crippen LogP contribution in [0.25, 0.3) is 5.57 Å². The number of phenols is 1. The minimum Gasteiger partial charge on any atom is -0.507 e. The molecule has 22 heavy (non-hydrogen) atoms. The van der Waals surface area contributed by atoms with Crippen molar-refractivity contribution < 1.29 is 13.5 Å². The van der Waals surface area contributed by atoms with Crippen molar-refractivity contribution in [1.82, 2.24) is 0 Å². The van der Waals surface area contributed by atoms with Crippen molar-refractivity contribution in [2.45, 2.75) is 6.42 Å². The lowest BCUT2D eigenvalue weighted by atomic mass is 9.94. The van der Waals surface area contributed by atoms with Gasteiger partial charge in [0.05, 0.1) is 5.75 Å². The Hall–Kier alpha value is -2.31. The molecule has 0 saturated heterocycles. The number of benzene rings is 2. The van der Waals surface area contributed by atoms with E-state index in [2.05, 4.69) is 0 Å². The number of para-hydroxylation sites is 1. The van der Waals surface area contributed by atoms with Gasteiger partial charge in [-0.2, -0.15) is 0 Å². The van der Waals surface area contributed by atoms with Crippen molar-refractivity contribution in [3.8, 4) is 5.75 Å². The molecule has 0 unspecified atom stereocenters. The first-order valence-electron chi connectivity index (χ1n) is 6.71. The van der Waals surface area contributed by atoms with Crippen molar-refractivity contribution in [3.05, 3.63) is 71.4 Å². The number of nitrogens with two attached hydrogens (primary N) is 2. The van der Waals surface area contributed by atoms with Crippen LogP contribution in [0.5, 0.6) is 5.75 Å². The van der Waals surface area contributed by atoms with E-state index in [9.17, 15) is 13.5 Å².